The van der Waals surface area contributed by atoms with Crippen LogP contribution < -0.4 is 20.7 Å². The quantitative estimate of drug-likeness (QED) is 0.0889. The maximum atomic E-state index is 14.3. The van der Waals surface area contributed by atoms with Crippen LogP contribution in [0.4, 0.5) is 0 Å². The van der Waals surface area contributed by atoms with Crippen molar-refractivity contribution in [3.05, 3.63) is 105 Å². The number of likely N-dealkylation sites (tertiary alicyclic amines) is 3. The van der Waals surface area contributed by atoms with Gasteiger partial charge in [-0.2, -0.15) is 5.26 Å². The van der Waals surface area contributed by atoms with Gasteiger partial charge in [0.1, 0.15) is 30.0 Å². The van der Waals surface area contributed by atoms with Gasteiger partial charge in [0.2, 0.25) is 17.7 Å². The number of aryl methyl sites for hydroxylation is 2. The Morgan fingerprint density at radius 2 is 1.62 bits per heavy atom. The van der Waals surface area contributed by atoms with Gasteiger partial charge in [-0.15, -0.1) is 11.3 Å². The molecule has 2 bridgehead atoms. The fraction of sp³-hybridized carbons (Fsp3) is 0.527. The second kappa shape index (κ2) is 20.6. The molecule has 4 heterocycles. The lowest BCUT2D eigenvalue weighted by Crippen LogP contribution is -2.74. The molecule has 4 fully saturated rings. The molecular formula is C55H69ClN8O6S. The van der Waals surface area contributed by atoms with Crippen molar-refractivity contribution in [1.29, 1.82) is 5.26 Å². The minimum absolute atomic E-state index is 0.0146. The number of β-amino-alcohol motifs (C(OH)–C–C–N with tert-alkyl or cyclic N) is 1. The average Bonchev–Trinajstić information content (AvgIpc) is 4.13. The highest BCUT2D eigenvalue weighted by Crippen LogP contribution is 2.55. The molecule has 16 heteroatoms. The van der Waals surface area contributed by atoms with E-state index in [9.17, 15) is 29.5 Å². The number of hydrogen-bond acceptors (Lipinski definition) is 11. The third-order valence-electron chi connectivity index (χ3n) is 15.4. The molecule has 0 spiro atoms. The van der Waals surface area contributed by atoms with Crippen molar-refractivity contribution in [2.24, 2.45) is 16.2 Å². The second-order valence-electron chi connectivity index (χ2n) is 22.5. The number of aliphatic hydroxyl groups excluding tert-OH is 1. The topological polar surface area (TPSA) is 180 Å². The first-order valence-electron chi connectivity index (χ1n) is 24.9. The predicted molar refractivity (Wildman–Crippen MR) is 276 cm³/mol. The van der Waals surface area contributed by atoms with Gasteiger partial charge in [0.25, 0.3) is 5.91 Å². The Hall–Kier alpha value is -5.37. The van der Waals surface area contributed by atoms with E-state index in [1.54, 1.807) is 29.5 Å². The zero-order chi connectivity index (χ0) is 51.2. The lowest BCUT2D eigenvalue weighted by atomic mass is 9.49. The third kappa shape index (κ3) is 11.0. The number of hydrogen-bond donors (Lipinski definition) is 4. The number of carbonyl (C=O) groups excluding carboxylic acids is 4. The fourth-order valence-corrected chi connectivity index (χ4v) is 12.8. The van der Waals surface area contributed by atoms with Crippen molar-refractivity contribution < 1.29 is 29.0 Å². The number of amides is 4. The van der Waals surface area contributed by atoms with Gasteiger partial charge in [-0.3, -0.25) is 29.0 Å². The summed E-state index contributed by atoms with van der Waals surface area (Å²) in [5, 5.41) is 29.7. The molecule has 14 nitrogen and oxygen atoms in total. The summed E-state index contributed by atoms with van der Waals surface area (Å²) in [7, 11) is 0. The molecule has 4 N–H and O–H groups in total. The molecule has 3 saturated heterocycles. The Bertz CT molecular complexity index is 2640. The number of rotatable bonds is 16. The predicted octanol–water partition coefficient (Wildman–Crippen LogP) is 7.32. The maximum absolute atomic E-state index is 14.3. The number of aromatic nitrogens is 1. The number of carbonyl (C=O) groups is 4. The summed E-state index contributed by atoms with van der Waals surface area (Å²) in [6.45, 7) is 20.7. The molecule has 4 amide bonds. The van der Waals surface area contributed by atoms with Crippen molar-refractivity contribution >= 4 is 46.6 Å². The third-order valence-corrected chi connectivity index (χ3v) is 16.7. The van der Waals surface area contributed by atoms with Crippen LogP contribution in [-0.2, 0) is 20.8 Å². The van der Waals surface area contributed by atoms with Crippen molar-refractivity contribution in [2.45, 2.75) is 136 Å². The number of halogens is 1. The van der Waals surface area contributed by atoms with Crippen LogP contribution in [0.25, 0.3) is 10.4 Å². The molecule has 3 aromatic carbocycles. The van der Waals surface area contributed by atoms with Gasteiger partial charge in [-0.05, 0) is 86.0 Å². The van der Waals surface area contributed by atoms with Crippen molar-refractivity contribution in [2.75, 3.05) is 32.7 Å². The van der Waals surface area contributed by atoms with Crippen LogP contribution in [0.3, 0.4) is 0 Å². The molecule has 6 atom stereocenters. The summed E-state index contributed by atoms with van der Waals surface area (Å²) in [5.41, 5.74) is 5.56. The number of benzene rings is 3. The number of nitrogens with zero attached hydrogens (tertiary/aromatic N) is 5. The van der Waals surface area contributed by atoms with E-state index in [2.05, 4.69) is 64.5 Å². The molecular weight excluding hydrogens is 936 g/mol. The summed E-state index contributed by atoms with van der Waals surface area (Å²) < 4.78 is 6.39. The van der Waals surface area contributed by atoms with Crippen molar-refractivity contribution in [3.8, 4) is 22.3 Å². The molecule has 0 radical (unpaired) electrons. The summed E-state index contributed by atoms with van der Waals surface area (Å²) in [6, 6.07) is 21.4. The maximum Gasteiger partial charge on any atom is 0.251 e. The standard InChI is InChI=1S/C55H69ClN8O6S/c1-32(35-16-18-36(19-17-35)46-33(2)58-31-71-46)59-49(68)44-24-41(65)29-64(44)50(69)47(53(3,4)5)60-45(66)30-63-28-39-23-40(63)27-62(39)22-10-11-34-12-14-37(15-13-34)48(67)61-51-54(6,7)52(55(51,8)9)70-42-21-20-38(26-57)43(56)25-42/h12-21,25,31-32,39-41,44,47,51-52,65H,10-11,22-24,27-30H2,1-9H3,(H,59,68)(H,60,66)(H,61,67)/t32-,39-,40-,41+,44?,47+,51?,52?/m0/s1. The Kier molecular flexibility index (Phi) is 15.1. The van der Waals surface area contributed by atoms with Crippen LogP contribution >= 0.6 is 22.9 Å². The Morgan fingerprint density at radius 3 is 2.23 bits per heavy atom. The van der Waals surface area contributed by atoms with Gasteiger partial charge in [0.15, 0.2) is 0 Å². The first-order chi connectivity index (χ1) is 33.5. The molecule has 1 aromatic heterocycles. The minimum Gasteiger partial charge on any atom is -0.489 e. The van der Waals surface area contributed by atoms with Crippen LogP contribution in [0.5, 0.6) is 5.75 Å². The lowest BCUT2D eigenvalue weighted by molar-refractivity contribution is -0.164. The van der Waals surface area contributed by atoms with E-state index in [4.69, 9.17) is 16.3 Å². The van der Waals surface area contributed by atoms with Gasteiger partial charge >= 0.3 is 0 Å². The monoisotopic (exact) mass is 1000 g/mol. The number of thiazole rings is 1. The first-order valence-corrected chi connectivity index (χ1v) is 26.1. The number of nitrogens with one attached hydrogen (secondary N) is 3. The number of nitriles is 1. The van der Waals surface area contributed by atoms with Crippen molar-refractivity contribution in [1.82, 2.24) is 35.6 Å². The average molecular weight is 1010 g/mol. The molecule has 4 aromatic rings. The molecule has 1 saturated carbocycles. The molecule has 71 heavy (non-hydrogen) atoms. The highest BCUT2D eigenvalue weighted by atomic mass is 35.5. The number of piperazine rings is 1. The smallest absolute Gasteiger partial charge is 0.251 e. The summed E-state index contributed by atoms with van der Waals surface area (Å²) in [6.07, 6.45) is 1.90. The summed E-state index contributed by atoms with van der Waals surface area (Å²) >= 11 is 7.85. The summed E-state index contributed by atoms with van der Waals surface area (Å²) in [5.74, 6) is -0.478. The van der Waals surface area contributed by atoms with Crippen LogP contribution in [-0.4, -0.2) is 124 Å². The van der Waals surface area contributed by atoms with E-state index in [0.717, 1.165) is 60.6 Å². The van der Waals surface area contributed by atoms with Crippen LogP contribution in [0.15, 0.2) is 72.2 Å². The molecule has 4 aliphatic rings. The van der Waals surface area contributed by atoms with Gasteiger partial charge < -0.3 is 30.7 Å². The van der Waals surface area contributed by atoms with Gasteiger partial charge in [0.05, 0.1) is 45.4 Å². The lowest BCUT2D eigenvalue weighted by Gasteiger charge is -2.63. The molecule has 378 valence electrons. The molecule has 1 unspecified atom stereocenters. The van der Waals surface area contributed by atoms with Gasteiger partial charge in [-0.25, -0.2) is 4.98 Å². The second-order valence-corrected chi connectivity index (χ2v) is 23.7. The Balaban J connectivity index is 0.777. The van der Waals surface area contributed by atoms with E-state index in [1.807, 2.05) is 88.7 Å². The van der Waals surface area contributed by atoms with E-state index < -0.39 is 23.6 Å². The van der Waals surface area contributed by atoms with Crippen LogP contribution in [0, 0.1) is 34.5 Å². The molecule has 3 aliphatic heterocycles. The molecule has 8 rings (SSSR count). The zero-order valence-electron chi connectivity index (χ0n) is 42.4. The van der Waals surface area contributed by atoms with E-state index in [-0.39, 0.29) is 78.2 Å². The Labute approximate surface area is 427 Å². The number of ether oxygens (including phenoxy) is 1. The normalized spacial score (nSPS) is 24.4. The fourth-order valence-electron chi connectivity index (χ4n) is 11.8. The SMILES string of the molecule is Cc1ncsc1-c1ccc([C@H](C)NC(=O)C2C[C@@H](O)CN2C(=O)[C@@H](NC(=O)CN2C[C@@H]3C[C@H]2CN3CCCc2ccc(C(=O)NC3C(C)(C)C(Oc4ccc(C#N)c(Cl)c4)C3(C)C)cc2)C(C)(C)C)cc1. The van der Waals surface area contributed by atoms with Crippen LogP contribution in [0.1, 0.15) is 113 Å². The first kappa shape index (κ1) is 52.0. The number of fused-ring (bicyclic) bond motifs is 2. The van der Waals surface area contributed by atoms with Gasteiger partial charge in [-0.1, -0.05) is 96.5 Å². The minimum atomic E-state index is -0.895. The highest BCUT2D eigenvalue weighted by Gasteiger charge is 2.64. The number of aliphatic hydroxyl groups is 1. The van der Waals surface area contributed by atoms with E-state index in [0.29, 0.717) is 27.9 Å². The largest absolute Gasteiger partial charge is 0.489 e. The molecule has 1 aliphatic carbocycles. The van der Waals surface area contributed by atoms with Gasteiger partial charge in [0, 0.05) is 66.6 Å². The summed E-state index contributed by atoms with van der Waals surface area (Å²) in [4.78, 5) is 67.0. The van der Waals surface area contributed by atoms with Crippen molar-refractivity contribution in [3.63, 3.8) is 0 Å². The van der Waals surface area contributed by atoms with E-state index in [1.165, 1.54) is 10.5 Å². The zero-order valence-corrected chi connectivity index (χ0v) is 44.0. The highest BCUT2D eigenvalue weighted by molar-refractivity contribution is 7.13. The van der Waals surface area contributed by atoms with E-state index >= 15 is 0 Å². The Morgan fingerprint density at radius 1 is 0.944 bits per heavy atom. The van der Waals surface area contributed by atoms with Crippen LogP contribution in [0.2, 0.25) is 5.02 Å².